The Bertz CT molecular complexity index is 954. The fourth-order valence-corrected chi connectivity index (χ4v) is 2.83. The molecule has 0 fully saturated rings. The molecule has 0 spiro atoms. The molecule has 0 saturated carbocycles. The monoisotopic (exact) mass is 373 g/mol. The summed E-state index contributed by atoms with van der Waals surface area (Å²) >= 11 is 0. The zero-order valence-electron chi connectivity index (χ0n) is 16.1. The van der Waals surface area contributed by atoms with Crippen LogP contribution in [-0.2, 0) is 17.6 Å². The minimum absolute atomic E-state index is 0.175. The van der Waals surface area contributed by atoms with E-state index in [9.17, 15) is 9.59 Å². The summed E-state index contributed by atoms with van der Waals surface area (Å²) in [6.07, 6.45) is 7.20. The Morgan fingerprint density at radius 1 is 0.964 bits per heavy atom. The van der Waals surface area contributed by atoms with Crippen LogP contribution in [0.5, 0.6) is 0 Å². The number of aromatic nitrogens is 2. The van der Waals surface area contributed by atoms with Gasteiger partial charge >= 0.3 is 0 Å². The number of nitrogens with zero attached hydrogens (tertiary/aromatic N) is 2. The van der Waals surface area contributed by atoms with Crippen molar-refractivity contribution in [3.63, 3.8) is 0 Å². The number of anilines is 1. The molecule has 0 unspecified atom stereocenters. The molecule has 5 nitrogen and oxygen atoms in total. The van der Waals surface area contributed by atoms with Crippen molar-refractivity contribution in [1.29, 1.82) is 0 Å². The highest BCUT2D eigenvalue weighted by Crippen LogP contribution is 2.14. The highest BCUT2D eigenvalue weighted by molar-refractivity contribution is 6.04. The Kier molecular flexibility index (Phi) is 6.17. The van der Waals surface area contributed by atoms with Crippen LogP contribution in [0.3, 0.4) is 0 Å². The quantitative estimate of drug-likeness (QED) is 0.483. The van der Waals surface area contributed by atoms with E-state index in [0.29, 0.717) is 18.7 Å². The van der Waals surface area contributed by atoms with E-state index in [1.54, 1.807) is 18.5 Å². The summed E-state index contributed by atoms with van der Waals surface area (Å²) in [6.45, 7) is 0. The third-order valence-corrected chi connectivity index (χ3v) is 4.39. The van der Waals surface area contributed by atoms with Gasteiger partial charge in [-0.3, -0.25) is 9.59 Å². The fourth-order valence-electron chi connectivity index (χ4n) is 2.83. The van der Waals surface area contributed by atoms with Crippen LogP contribution in [0.4, 0.5) is 5.69 Å². The largest absolute Gasteiger partial charge is 0.378 e. The van der Waals surface area contributed by atoms with Crippen molar-refractivity contribution in [1.82, 2.24) is 9.97 Å². The molecular weight excluding hydrogens is 350 g/mol. The Morgan fingerprint density at radius 3 is 2.11 bits per heavy atom. The number of rotatable bonds is 8. The maximum atomic E-state index is 12.4. The number of benzene rings is 2. The van der Waals surface area contributed by atoms with Crippen LogP contribution in [0.25, 0.3) is 6.08 Å². The Hall–Kier alpha value is -3.47. The average Bonchev–Trinajstić information content (AvgIpc) is 3.22. The smallest absolute Gasteiger partial charge is 0.221 e. The van der Waals surface area contributed by atoms with Crippen LogP contribution < -0.4 is 4.90 Å². The lowest BCUT2D eigenvalue weighted by atomic mass is 10.0. The lowest BCUT2D eigenvalue weighted by molar-refractivity contribution is -0.117. The van der Waals surface area contributed by atoms with Gasteiger partial charge in [-0.1, -0.05) is 42.5 Å². The van der Waals surface area contributed by atoms with E-state index in [1.165, 1.54) is 6.08 Å². The first-order valence-corrected chi connectivity index (χ1v) is 9.10. The summed E-state index contributed by atoms with van der Waals surface area (Å²) < 4.78 is 0. The van der Waals surface area contributed by atoms with Crippen molar-refractivity contribution in [2.75, 3.05) is 19.0 Å². The molecule has 2 aromatic carbocycles. The van der Waals surface area contributed by atoms with E-state index in [1.807, 2.05) is 67.5 Å². The number of nitrogens with one attached hydrogen (secondary N) is 1. The topological polar surface area (TPSA) is 66.1 Å². The summed E-state index contributed by atoms with van der Waals surface area (Å²) in [5, 5.41) is 0. The van der Waals surface area contributed by atoms with E-state index in [-0.39, 0.29) is 11.6 Å². The normalized spacial score (nSPS) is 10.9. The SMILES string of the molecule is CN(C)c1ccc(CC(=O)Cc2ccc(/C=C/C(=O)c3ncc[nH]3)cc2)cc1. The molecule has 0 aliphatic rings. The van der Waals surface area contributed by atoms with Crippen LogP contribution in [-0.4, -0.2) is 35.6 Å². The molecule has 1 aromatic heterocycles. The predicted octanol–water partition coefficient (Wildman–Crippen LogP) is 3.73. The molecule has 1 N–H and O–H groups in total. The summed E-state index contributed by atoms with van der Waals surface area (Å²) in [7, 11) is 3.98. The average molecular weight is 373 g/mol. The lowest BCUT2D eigenvalue weighted by Crippen LogP contribution is -2.09. The van der Waals surface area contributed by atoms with Gasteiger partial charge in [-0.15, -0.1) is 0 Å². The molecule has 0 aliphatic heterocycles. The first kappa shape index (κ1) is 19.3. The molecule has 0 atom stereocenters. The molecule has 5 heteroatoms. The number of allylic oxidation sites excluding steroid dienone is 1. The summed E-state index contributed by atoms with van der Waals surface area (Å²) in [4.78, 5) is 33.0. The van der Waals surface area contributed by atoms with E-state index in [2.05, 4.69) is 9.97 Å². The van der Waals surface area contributed by atoms with E-state index in [4.69, 9.17) is 0 Å². The van der Waals surface area contributed by atoms with Gasteiger partial charge in [-0.2, -0.15) is 0 Å². The Morgan fingerprint density at radius 2 is 1.57 bits per heavy atom. The Balaban J connectivity index is 1.54. The number of Topliss-reactive ketones (excluding diaryl/α,β-unsaturated/α-hetero) is 1. The highest BCUT2D eigenvalue weighted by Gasteiger charge is 2.07. The maximum Gasteiger partial charge on any atom is 0.221 e. The second-order valence-corrected chi connectivity index (χ2v) is 6.83. The molecule has 0 amide bonds. The molecular formula is C23H23N3O2. The molecule has 0 aliphatic carbocycles. The van der Waals surface area contributed by atoms with Crippen molar-refractivity contribution in [2.45, 2.75) is 12.8 Å². The first-order valence-electron chi connectivity index (χ1n) is 9.10. The molecule has 3 aromatic rings. The summed E-state index contributed by atoms with van der Waals surface area (Å²) in [5.74, 6) is 0.315. The third-order valence-electron chi connectivity index (χ3n) is 4.39. The van der Waals surface area contributed by atoms with Gasteiger partial charge in [-0.25, -0.2) is 4.98 Å². The minimum Gasteiger partial charge on any atom is -0.378 e. The van der Waals surface area contributed by atoms with Crippen molar-refractivity contribution < 1.29 is 9.59 Å². The van der Waals surface area contributed by atoms with Crippen LogP contribution in [0.1, 0.15) is 27.3 Å². The highest BCUT2D eigenvalue weighted by atomic mass is 16.1. The van der Waals surface area contributed by atoms with Crippen molar-refractivity contribution in [2.24, 2.45) is 0 Å². The first-order chi connectivity index (χ1) is 13.5. The minimum atomic E-state index is -0.176. The van der Waals surface area contributed by atoms with Crippen LogP contribution in [0, 0.1) is 0 Å². The number of ketones is 2. The van der Waals surface area contributed by atoms with Crippen molar-refractivity contribution in [3.8, 4) is 0 Å². The second-order valence-electron chi connectivity index (χ2n) is 6.83. The van der Waals surface area contributed by atoms with Crippen LogP contribution in [0.15, 0.2) is 67.0 Å². The van der Waals surface area contributed by atoms with Crippen molar-refractivity contribution in [3.05, 3.63) is 89.5 Å². The number of aromatic amines is 1. The zero-order valence-corrected chi connectivity index (χ0v) is 16.1. The van der Waals surface area contributed by atoms with Gasteiger partial charge in [-0.05, 0) is 34.9 Å². The summed E-state index contributed by atoms with van der Waals surface area (Å²) in [5.41, 5.74) is 4.00. The Labute approximate surface area is 164 Å². The number of H-pyrrole nitrogens is 1. The van der Waals surface area contributed by atoms with Gasteiger partial charge < -0.3 is 9.88 Å². The van der Waals surface area contributed by atoms with Gasteiger partial charge in [0.2, 0.25) is 5.78 Å². The molecule has 3 rings (SSSR count). The summed E-state index contributed by atoms with van der Waals surface area (Å²) in [6, 6.07) is 15.7. The van der Waals surface area contributed by atoms with E-state index >= 15 is 0 Å². The van der Waals surface area contributed by atoms with Crippen molar-refractivity contribution >= 4 is 23.3 Å². The molecule has 0 saturated heterocycles. The molecule has 0 radical (unpaired) electrons. The van der Waals surface area contributed by atoms with E-state index in [0.717, 1.165) is 22.4 Å². The van der Waals surface area contributed by atoms with Gasteiger partial charge in [0.1, 0.15) is 5.78 Å². The van der Waals surface area contributed by atoms with Crippen LogP contribution in [0.2, 0.25) is 0 Å². The molecule has 142 valence electrons. The van der Waals surface area contributed by atoms with Gasteiger partial charge in [0, 0.05) is 45.0 Å². The second kappa shape index (κ2) is 8.95. The maximum absolute atomic E-state index is 12.4. The number of carbonyl (C=O) groups excluding carboxylic acids is 2. The number of hydrogen-bond acceptors (Lipinski definition) is 4. The lowest BCUT2D eigenvalue weighted by Gasteiger charge is -2.12. The predicted molar refractivity (Wildman–Crippen MR) is 112 cm³/mol. The van der Waals surface area contributed by atoms with Gasteiger partial charge in [0.25, 0.3) is 0 Å². The standard InChI is InChI=1S/C23H23N3O2/c1-26(2)20-10-7-19(8-11-20)16-21(27)15-18-5-3-17(4-6-18)9-12-22(28)23-24-13-14-25-23/h3-14H,15-16H2,1-2H3,(H,24,25)/b12-9+. The number of imidazole rings is 1. The third kappa shape index (κ3) is 5.27. The fraction of sp³-hybridized carbons (Fsp3) is 0.174. The zero-order chi connectivity index (χ0) is 19.9. The van der Waals surface area contributed by atoms with Gasteiger partial charge in [0.15, 0.2) is 5.82 Å². The number of hydrogen-bond donors (Lipinski definition) is 1. The number of carbonyl (C=O) groups is 2. The molecule has 1 heterocycles. The molecule has 28 heavy (non-hydrogen) atoms. The molecule has 0 bridgehead atoms. The van der Waals surface area contributed by atoms with Crippen LogP contribution >= 0.6 is 0 Å². The van der Waals surface area contributed by atoms with E-state index < -0.39 is 0 Å². The van der Waals surface area contributed by atoms with Gasteiger partial charge in [0.05, 0.1) is 0 Å².